The SMILES string of the molecule is CC(C)(C)c1ccc(COc2ccc(/C=N/Nc3ccccc3C(=O)O)cc2)cc1. The summed E-state index contributed by atoms with van der Waals surface area (Å²) in [6.07, 6.45) is 1.63. The Morgan fingerprint density at radius 2 is 1.67 bits per heavy atom. The van der Waals surface area contributed by atoms with E-state index >= 15 is 0 Å². The molecule has 0 radical (unpaired) electrons. The van der Waals surface area contributed by atoms with Crippen LogP contribution < -0.4 is 10.2 Å². The van der Waals surface area contributed by atoms with Crippen LogP contribution in [0, 0.1) is 0 Å². The van der Waals surface area contributed by atoms with E-state index in [0.29, 0.717) is 12.3 Å². The van der Waals surface area contributed by atoms with Gasteiger partial charge in [-0.25, -0.2) is 4.79 Å². The normalized spacial score (nSPS) is 11.4. The highest BCUT2D eigenvalue weighted by Crippen LogP contribution is 2.23. The van der Waals surface area contributed by atoms with Gasteiger partial charge in [0.2, 0.25) is 0 Å². The smallest absolute Gasteiger partial charge is 0.337 e. The molecule has 0 bridgehead atoms. The van der Waals surface area contributed by atoms with Crippen molar-refractivity contribution in [3.8, 4) is 5.75 Å². The monoisotopic (exact) mass is 402 g/mol. The van der Waals surface area contributed by atoms with Gasteiger partial charge in [0.05, 0.1) is 17.5 Å². The lowest BCUT2D eigenvalue weighted by atomic mass is 9.87. The number of hydrogen-bond donors (Lipinski definition) is 2. The third-order valence-electron chi connectivity index (χ3n) is 4.66. The van der Waals surface area contributed by atoms with Crippen molar-refractivity contribution in [1.29, 1.82) is 0 Å². The Kier molecular flexibility index (Phi) is 6.52. The lowest BCUT2D eigenvalue weighted by molar-refractivity contribution is 0.0698. The first-order valence-electron chi connectivity index (χ1n) is 9.76. The molecule has 2 N–H and O–H groups in total. The van der Waals surface area contributed by atoms with Gasteiger partial charge in [-0.3, -0.25) is 5.43 Å². The molecule has 0 atom stereocenters. The molecule has 0 saturated heterocycles. The maximum Gasteiger partial charge on any atom is 0.337 e. The highest BCUT2D eigenvalue weighted by atomic mass is 16.5. The van der Waals surface area contributed by atoms with Gasteiger partial charge in [-0.05, 0) is 58.5 Å². The summed E-state index contributed by atoms with van der Waals surface area (Å²) in [4.78, 5) is 11.2. The largest absolute Gasteiger partial charge is 0.489 e. The molecule has 5 nitrogen and oxygen atoms in total. The Bertz CT molecular complexity index is 1020. The van der Waals surface area contributed by atoms with Crippen molar-refractivity contribution >= 4 is 17.9 Å². The number of carboxylic acids is 1. The number of nitrogens with one attached hydrogen (secondary N) is 1. The van der Waals surface area contributed by atoms with Crippen LogP contribution in [0.2, 0.25) is 0 Å². The van der Waals surface area contributed by atoms with Crippen LogP contribution in [0.25, 0.3) is 0 Å². The highest BCUT2D eigenvalue weighted by molar-refractivity contribution is 5.94. The quantitative estimate of drug-likeness (QED) is 0.392. The molecule has 3 aromatic carbocycles. The van der Waals surface area contributed by atoms with Gasteiger partial charge < -0.3 is 9.84 Å². The lowest BCUT2D eigenvalue weighted by Gasteiger charge is -2.19. The summed E-state index contributed by atoms with van der Waals surface area (Å²) in [7, 11) is 0. The summed E-state index contributed by atoms with van der Waals surface area (Å²) in [5.74, 6) is -0.223. The standard InChI is InChI=1S/C25H26N2O3/c1-25(2,3)20-12-8-19(9-13-20)17-30-21-14-10-18(11-15-21)16-26-27-23-7-5-4-6-22(23)24(28)29/h4-16,27H,17H2,1-3H3,(H,28,29)/b26-16+. The summed E-state index contributed by atoms with van der Waals surface area (Å²) < 4.78 is 5.86. The van der Waals surface area contributed by atoms with Crippen molar-refractivity contribution in [2.24, 2.45) is 5.10 Å². The maximum atomic E-state index is 11.2. The van der Waals surface area contributed by atoms with Crippen molar-refractivity contribution in [1.82, 2.24) is 0 Å². The molecular weight excluding hydrogens is 376 g/mol. The first kappa shape index (κ1) is 21.1. The zero-order chi connectivity index (χ0) is 21.6. The zero-order valence-electron chi connectivity index (χ0n) is 17.4. The number of ether oxygens (including phenoxy) is 1. The molecule has 0 saturated carbocycles. The van der Waals surface area contributed by atoms with Crippen LogP contribution >= 0.6 is 0 Å². The fraction of sp³-hybridized carbons (Fsp3) is 0.200. The fourth-order valence-corrected chi connectivity index (χ4v) is 2.86. The Balaban J connectivity index is 1.55. The van der Waals surface area contributed by atoms with E-state index in [1.165, 1.54) is 11.6 Å². The highest BCUT2D eigenvalue weighted by Gasteiger charge is 2.12. The van der Waals surface area contributed by atoms with Crippen LogP contribution in [0.4, 0.5) is 5.69 Å². The van der Waals surface area contributed by atoms with Gasteiger partial charge >= 0.3 is 5.97 Å². The van der Waals surface area contributed by atoms with Crippen molar-refractivity contribution in [2.45, 2.75) is 32.8 Å². The molecule has 0 aliphatic carbocycles. The predicted octanol–water partition coefficient (Wildman–Crippen LogP) is 5.71. The first-order valence-corrected chi connectivity index (χ1v) is 9.76. The van der Waals surface area contributed by atoms with Gasteiger partial charge in [-0.2, -0.15) is 5.10 Å². The van der Waals surface area contributed by atoms with E-state index in [0.717, 1.165) is 16.9 Å². The Morgan fingerprint density at radius 3 is 2.30 bits per heavy atom. The molecule has 154 valence electrons. The first-order chi connectivity index (χ1) is 14.3. The minimum atomic E-state index is -0.997. The second-order valence-electron chi connectivity index (χ2n) is 8.03. The molecule has 0 heterocycles. The number of carbonyl (C=O) groups is 1. The van der Waals surface area contributed by atoms with Gasteiger partial charge in [0.1, 0.15) is 12.4 Å². The van der Waals surface area contributed by atoms with E-state index in [-0.39, 0.29) is 11.0 Å². The molecule has 0 spiro atoms. The predicted molar refractivity (Wildman–Crippen MR) is 121 cm³/mol. The van der Waals surface area contributed by atoms with Gasteiger partial charge in [0, 0.05) is 0 Å². The Hall–Kier alpha value is -3.60. The maximum absolute atomic E-state index is 11.2. The summed E-state index contributed by atoms with van der Waals surface area (Å²) in [5, 5.41) is 13.3. The number of hydrogen-bond acceptors (Lipinski definition) is 4. The molecule has 0 aromatic heterocycles. The molecule has 5 heteroatoms. The molecule has 3 rings (SSSR count). The third-order valence-corrected chi connectivity index (χ3v) is 4.66. The van der Waals surface area contributed by atoms with Crippen LogP contribution in [0.15, 0.2) is 77.9 Å². The number of carboxylic acid groups (broad SMARTS) is 1. The summed E-state index contributed by atoms with van der Waals surface area (Å²) in [6.45, 7) is 7.10. The minimum absolute atomic E-state index is 0.140. The van der Waals surface area contributed by atoms with Crippen LogP contribution in [0.1, 0.15) is 47.8 Å². The van der Waals surface area contributed by atoms with Crippen LogP contribution in [0.3, 0.4) is 0 Å². The number of anilines is 1. The van der Waals surface area contributed by atoms with E-state index < -0.39 is 5.97 Å². The molecule has 0 aliphatic heterocycles. The number of benzene rings is 3. The van der Waals surface area contributed by atoms with Crippen molar-refractivity contribution < 1.29 is 14.6 Å². The minimum Gasteiger partial charge on any atom is -0.489 e. The number of hydrazone groups is 1. The van der Waals surface area contributed by atoms with Crippen molar-refractivity contribution in [3.05, 3.63) is 95.1 Å². The van der Waals surface area contributed by atoms with Gasteiger partial charge in [-0.1, -0.05) is 57.2 Å². The van der Waals surface area contributed by atoms with E-state index in [1.54, 1.807) is 24.4 Å². The molecule has 30 heavy (non-hydrogen) atoms. The Morgan fingerprint density at radius 1 is 1.00 bits per heavy atom. The third kappa shape index (κ3) is 5.70. The van der Waals surface area contributed by atoms with Gasteiger partial charge in [0.25, 0.3) is 0 Å². The van der Waals surface area contributed by atoms with Gasteiger partial charge in [0.15, 0.2) is 0 Å². The van der Waals surface area contributed by atoms with Crippen molar-refractivity contribution in [2.75, 3.05) is 5.43 Å². The van der Waals surface area contributed by atoms with E-state index in [4.69, 9.17) is 4.74 Å². The molecule has 3 aromatic rings. The average molecular weight is 402 g/mol. The lowest BCUT2D eigenvalue weighted by Crippen LogP contribution is -2.10. The zero-order valence-corrected chi connectivity index (χ0v) is 17.4. The molecular formula is C25H26N2O3. The average Bonchev–Trinajstić information content (AvgIpc) is 2.73. The summed E-state index contributed by atoms with van der Waals surface area (Å²) in [5.41, 5.74) is 6.83. The van der Waals surface area contributed by atoms with Crippen LogP contribution in [0.5, 0.6) is 5.75 Å². The summed E-state index contributed by atoms with van der Waals surface area (Å²) in [6, 6.07) is 22.7. The van der Waals surface area contributed by atoms with Crippen LogP contribution in [-0.2, 0) is 12.0 Å². The van der Waals surface area contributed by atoms with Gasteiger partial charge in [-0.15, -0.1) is 0 Å². The number of nitrogens with zero attached hydrogens (tertiary/aromatic N) is 1. The molecule has 0 fully saturated rings. The number of rotatable bonds is 7. The topological polar surface area (TPSA) is 70.9 Å². The van der Waals surface area contributed by atoms with E-state index in [9.17, 15) is 9.90 Å². The van der Waals surface area contributed by atoms with Crippen molar-refractivity contribution in [3.63, 3.8) is 0 Å². The fourth-order valence-electron chi connectivity index (χ4n) is 2.86. The van der Waals surface area contributed by atoms with Crippen LogP contribution in [-0.4, -0.2) is 17.3 Å². The summed E-state index contributed by atoms with van der Waals surface area (Å²) >= 11 is 0. The number of aromatic carboxylic acids is 1. The number of para-hydroxylation sites is 1. The molecule has 0 aliphatic rings. The second kappa shape index (κ2) is 9.27. The van der Waals surface area contributed by atoms with E-state index in [1.807, 2.05) is 24.3 Å². The molecule has 0 amide bonds. The second-order valence-corrected chi connectivity index (χ2v) is 8.03. The van der Waals surface area contributed by atoms with E-state index in [2.05, 4.69) is 55.6 Å². The Labute approximate surface area is 177 Å². The molecule has 0 unspecified atom stereocenters.